The summed E-state index contributed by atoms with van der Waals surface area (Å²) in [4.78, 5) is 26.7. The van der Waals surface area contributed by atoms with Crippen LogP contribution in [0.1, 0.15) is 73.1 Å². The number of carbonyl (C=O) groups excluding carboxylic acids is 2. The highest BCUT2D eigenvalue weighted by molar-refractivity contribution is 5.99. The molecule has 1 aliphatic carbocycles. The van der Waals surface area contributed by atoms with Crippen molar-refractivity contribution < 1.29 is 9.59 Å². The standard InChI is InChI=1S/C19H28N2O2/c1-3-21(4-2)19(23)16-11-9-10-15(14-16)18(22)20-17-12-7-5-6-8-13-17/h9-11,14,17H,3-8,12-13H2,1-2H3,(H,20,22). The number of hydrogen-bond acceptors (Lipinski definition) is 2. The van der Waals surface area contributed by atoms with Gasteiger partial charge in [-0.05, 0) is 44.9 Å². The third kappa shape index (κ3) is 4.81. The van der Waals surface area contributed by atoms with Crippen LogP contribution >= 0.6 is 0 Å². The van der Waals surface area contributed by atoms with Crippen LogP contribution in [0.15, 0.2) is 24.3 Å². The van der Waals surface area contributed by atoms with E-state index in [4.69, 9.17) is 0 Å². The molecule has 4 nitrogen and oxygen atoms in total. The summed E-state index contributed by atoms with van der Waals surface area (Å²) in [6, 6.07) is 7.34. The molecule has 0 spiro atoms. The first-order chi connectivity index (χ1) is 11.2. The molecule has 1 N–H and O–H groups in total. The number of carbonyl (C=O) groups is 2. The Bertz CT molecular complexity index is 530. The number of rotatable bonds is 5. The molecule has 2 rings (SSSR count). The van der Waals surface area contributed by atoms with Gasteiger partial charge in [0.15, 0.2) is 0 Å². The van der Waals surface area contributed by atoms with Crippen LogP contribution in [0, 0.1) is 0 Å². The van der Waals surface area contributed by atoms with E-state index in [1.165, 1.54) is 25.7 Å². The molecule has 0 bridgehead atoms. The maximum Gasteiger partial charge on any atom is 0.253 e. The minimum absolute atomic E-state index is 0.0147. The molecular weight excluding hydrogens is 288 g/mol. The quantitative estimate of drug-likeness (QED) is 0.843. The van der Waals surface area contributed by atoms with Crippen molar-refractivity contribution >= 4 is 11.8 Å². The average molecular weight is 316 g/mol. The molecule has 1 aromatic carbocycles. The molecule has 1 fully saturated rings. The van der Waals surface area contributed by atoms with Crippen molar-refractivity contribution in [2.75, 3.05) is 13.1 Å². The van der Waals surface area contributed by atoms with Crippen molar-refractivity contribution in [3.63, 3.8) is 0 Å². The lowest BCUT2D eigenvalue weighted by molar-refractivity contribution is 0.0773. The zero-order valence-electron chi connectivity index (χ0n) is 14.3. The highest BCUT2D eigenvalue weighted by Crippen LogP contribution is 2.18. The lowest BCUT2D eigenvalue weighted by Gasteiger charge is -2.19. The maximum atomic E-state index is 12.5. The summed E-state index contributed by atoms with van der Waals surface area (Å²) in [5.41, 5.74) is 1.16. The zero-order valence-corrected chi connectivity index (χ0v) is 14.3. The Hall–Kier alpha value is -1.84. The molecule has 4 heteroatoms. The highest BCUT2D eigenvalue weighted by Gasteiger charge is 2.18. The Morgan fingerprint density at radius 1 is 1.04 bits per heavy atom. The lowest BCUT2D eigenvalue weighted by atomic mass is 10.1. The molecule has 0 heterocycles. The summed E-state index contributed by atoms with van der Waals surface area (Å²) < 4.78 is 0. The predicted molar refractivity (Wildman–Crippen MR) is 92.6 cm³/mol. The molecule has 0 aliphatic heterocycles. The molecule has 1 saturated carbocycles. The van der Waals surface area contributed by atoms with E-state index in [-0.39, 0.29) is 17.9 Å². The second-order valence-corrected chi connectivity index (χ2v) is 6.22. The van der Waals surface area contributed by atoms with Gasteiger partial charge >= 0.3 is 0 Å². The van der Waals surface area contributed by atoms with Gasteiger partial charge in [0.25, 0.3) is 11.8 Å². The van der Waals surface area contributed by atoms with Crippen LogP contribution in [0.25, 0.3) is 0 Å². The number of amides is 2. The summed E-state index contributed by atoms with van der Waals surface area (Å²) in [6.07, 6.45) is 7.02. The summed E-state index contributed by atoms with van der Waals surface area (Å²) in [6.45, 7) is 5.27. The first kappa shape index (κ1) is 17.5. The topological polar surface area (TPSA) is 49.4 Å². The molecule has 2 amide bonds. The third-order valence-electron chi connectivity index (χ3n) is 4.61. The van der Waals surface area contributed by atoms with Crippen molar-refractivity contribution in [3.8, 4) is 0 Å². The molecular formula is C19H28N2O2. The molecule has 0 saturated heterocycles. The Kier molecular flexibility index (Phi) is 6.63. The van der Waals surface area contributed by atoms with Crippen molar-refractivity contribution in [2.24, 2.45) is 0 Å². The summed E-state index contributed by atoms with van der Waals surface area (Å²) in [7, 11) is 0. The number of benzene rings is 1. The van der Waals surface area contributed by atoms with Crippen LogP contribution in [0.2, 0.25) is 0 Å². The van der Waals surface area contributed by atoms with Gasteiger partial charge in [-0.3, -0.25) is 9.59 Å². The van der Waals surface area contributed by atoms with Gasteiger partial charge < -0.3 is 10.2 Å². The van der Waals surface area contributed by atoms with E-state index in [0.717, 1.165) is 12.8 Å². The zero-order chi connectivity index (χ0) is 16.7. The van der Waals surface area contributed by atoms with Gasteiger partial charge in [-0.1, -0.05) is 31.7 Å². The second-order valence-electron chi connectivity index (χ2n) is 6.22. The van der Waals surface area contributed by atoms with Gasteiger partial charge in [0.1, 0.15) is 0 Å². The Morgan fingerprint density at radius 3 is 2.26 bits per heavy atom. The average Bonchev–Trinajstić information content (AvgIpc) is 2.84. The minimum Gasteiger partial charge on any atom is -0.349 e. The van der Waals surface area contributed by atoms with Crippen LogP contribution in [0.3, 0.4) is 0 Å². The molecule has 0 unspecified atom stereocenters. The van der Waals surface area contributed by atoms with Crippen molar-refractivity contribution in [3.05, 3.63) is 35.4 Å². The van der Waals surface area contributed by atoms with Crippen LogP contribution < -0.4 is 5.32 Å². The summed E-state index contributed by atoms with van der Waals surface area (Å²) in [5.74, 6) is -0.0785. The normalized spacial score (nSPS) is 15.7. The molecule has 126 valence electrons. The van der Waals surface area contributed by atoms with Gasteiger partial charge in [-0.15, -0.1) is 0 Å². The molecule has 0 aromatic heterocycles. The first-order valence-corrected chi connectivity index (χ1v) is 8.86. The number of nitrogens with zero attached hydrogens (tertiary/aromatic N) is 1. The van der Waals surface area contributed by atoms with Gasteiger partial charge in [0.2, 0.25) is 0 Å². The second kappa shape index (κ2) is 8.70. The molecule has 23 heavy (non-hydrogen) atoms. The molecule has 1 aromatic rings. The van der Waals surface area contributed by atoms with Crippen molar-refractivity contribution in [1.29, 1.82) is 0 Å². The monoisotopic (exact) mass is 316 g/mol. The van der Waals surface area contributed by atoms with Crippen molar-refractivity contribution in [2.45, 2.75) is 58.4 Å². The SMILES string of the molecule is CCN(CC)C(=O)c1cccc(C(=O)NC2CCCCCC2)c1. The molecule has 0 radical (unpaired) electrons. The van der Waals surface area contributed by atoms with Gasteiger partial charge in [-0.25, -0.2) is 0 Å². The number of nitrogens with one attached hydrogen (secondary N) is 1. The Balaban J connectivity index is 2.06. The van der Waals surface area contributed by atoms with E-state index in [0.29, 0.717) is 24.2 Å². The lowest BCUT2D eigenvalue weighted by Crippen LogP contribution is -2.35. The van der Waals surface area contributed by atoms with E-state index in [2.05, 4.69) is 5.32 Å². The first-order valence-electron chi connectivity index (χ1n) is 8.86. The predicted octanol–water partition coefficient (Wildman–Crippen LogP) is 3.62. The Morgan fingerprint density at radius 2 is 1.65 bits per heavy atom. The fraction of sp³-hybridized carbons (Fsp3) is 0.579. The van der Waals surface area contributed by atoms with Gasteiger partial charge in [0.05, 0.1) is 0 Å². The van der Waals surface area contributed by atoms with E-state index in [1.807, 2.05) is 13.8 Å². The van der Waals surface area contributed by atoms with E-state index < -0.39 is 0 Å². The van der Waals surface area contributed by atoms with Crippen LogP contribution in [-0.2, 0) is 0 Å². The summed E-state index contributed by atoms with van der Waals surface area (Å²) in [5, 5.41) is 3.13. The van der Waals surface area contributed by atoms with E-state index >= 15 is 0 Å². The van der Waals surface area contributed by atoms with Crippen molar-refractivity contribution in [1.82, 2.24) is 10.2 Å². The van der Waals surface area contributed by atoms with E-state index in [1.54, 1.807) is 29.2 Å². The highest BCUT2D eigenvalue weighted by atomic mass is 16.2. The van der Waals surface area contributed by atoms with Crippen LogP contribution in [0.5, 0.6) is 0 Å². The van der Waals surface area contributed by atoms with Crippen LogP contribution in [-0.4, -0.2) is 35.8 Å². The largest absolute Gasteiger partial charge is 0.349 e. The molecule has 1 aliphatic rings. The molecule has 0 atom stereocenters. The van der Waals surface area contributed by atoms with E-state index in [9.17, 15) is 9.59 Å². The summed E-state index contributed by atoms with van der Waals surface area (Å²) >= 11 is 0. The minimum atomic E-state index is -0.0638. The Labute approximate surface area is 139 Å². The fourth-order valence-electron chi connectivity index (χ4n) is 3.18. The smallest absolute Gasteiger partial charge is 0.253 e. The van der Waals surface area contributed by atoms with Gasteiger partial charge in [-0.2, -0.15) is 0 Å². The third-order valence-corrected chi connectivity index (χ3v) is 4.61. The van der Waals surface area contributed by atoms with Crippen LogP contribution in [0.4, 0.5) is 0 Å². The number of hydrogen-bond donors (Lipinski definition) is 1. The van der Waals surface area contributed by atoms with Gasteiger partial charge in [0, 0.05) is 30.3 Å². The fourth-order valence-corrected chi connectivity index (χ4v) is 3.18. The maximum absolute atomic E-state index is 12.5.